The number of benzene rings is 1. The highest BCUT2D eigenvalue weighted by atomic mass is 16.5. The van der Waals surface area contributed by atoms with Crippen LogP contribution in [-0.4, -0.2) is 49.3 Å². The summed E-state index contributed by atoms with van der Waals surface area (Å²) in [7, 11) is 0. The van der Waals surface area contributed by atoms with Crippen LogP contribution in [0.3, 0.4) is 0 Å². The van der Waals surface area contributed by atoms with Crippen molar-refractivity contribution in [2.24, 2.45) is 5.92 Å². The number of morpholine rings is 1. The van der Waals surface area contributed by atoms with Crippen molar-refractivity contribution in [2.45, 2.75) is 64.8 Å². The molecular formula is C26H36N4O4. The van der Waals surface area contributed by atoms with Crippen molar-refractivity contribution < 1.29 is 18.8 Å². The second-order valence-electron chi connectivity index (χ2n) is 9.46. The van der Waals surface area contributed by atoms with Crippen LogP contribution in [0.1, 0.15) is 66.6 Å². The third-order valence-electron chi connectivity index (χ3n) is 7.00. The van der Waals surface area contributed by atoms with Crippen LogP contribution in [0, 0.1) is 19.8 Å². The molecule has 4 rings (SSSR count). The van der Waals surface area contributed by atoms with Crippen molar-refractivity contribution in [1.29, 1.82) is 0 Å². The van der Waals surface area contributed by atoms with Gasteiger partial charge in [-0.25, -0.2) is 0 Å². The van der Waals surface area contributed by atoms with E-state index in [1.807, 2.05) is 12.1 Å². The van der Waals surface area contributed by atoms with E-state index < -0.39 is 6.04 Å². The van der Waals surface area contributed by atoms with Crippen molar-refractivity contribution in [2.75, 3.05) is 36.5 Å². The molecule has 184 valence electrons. The summed E-state index contributed by atoms with van der Waals surface area (Å²) in [5.74, 6) is -0.399. The third-order valence-corrected chi connectivity index (χ3v) is 7.00. The Kier molecular flexibility index (Phi) is 8.21. The van der Waals surface area contributed by atoms with Crippen LogP contribution in [0.2, 0.25) is 0 Å². The number of nitrogens with one attached hydrogen (secondary N) is 2. The molecule has 8 heteroatoms. The zero-order chi connectivity index (χ0) is 23.9. The van der Waals surface area contributed by atoms with E-state index in [1.165, 1.54) is 25.5 Å². The highest BCUT2D eigenvalue weighted by molar-refractivity contribution is 6.01. The van der Waals surface area contributed by atoms with Crippen LogP contribution in [0.25, 0.3) is 0 Å². The van der Waals surface area contributed by atoms with Crippen LogP contribution >= 0.6 is 0 Å². The molecule has 1 saturated heterocycles. The minimum absolute atomic E-state index is 0.0955. The van der Waals surface area contributed by atoms with Crippen molar-refractivity contribution in [3.63, 3.8) is 0 Å². The quantitative estimate of drug-likeness (QED) is 0.659. The number of nitrogens with zero attached hydrogens (tertiary/aromatic N) is 2. The average molecular weight is 469 g/mol. The summed E-state index contributed by atoms with van der Waals surface area (Å²) in [6.45, 7) is 6.97. The number of carbonyl (C=O) groups excluding carboxylic acids is 2. The number of ether oxygens (including phenoxy) is 1. The van der Waals surface area contributed by atoms with Crippen molar-refractivity contribution in [3.8, 4) is 0 Å². The molecule has 2 aliphatic rings. The fourth-order valence-electron chi connectivity index (χ4n) is 5.06. The Labute approximate surface area is 201 Å². The van der Waals surface area contributed by atoms with Crippen molar-refractivity contribution in [3.05, 3.63) is 41.3 Å². The zero-order valence-corrected chi connectivity index (χ0v) is 20.3. The van der Waals surface area contributed by atoms with E-state index in [1.54, 1.807) is 6.92 Å². The van der Waals surface area contributed by atoms with E-state index in [2.05, 4.69) is 33.7 Å². The zero-order valence-electron chi connectivity index (χ0n) is 20.3. The number of rotatable bonds is 6. The van der Waals surface area contributed by atoms with Gasteiger partial charge in [0, 0.05) is 24.5 Å². The normalized spacial score (nSPS) is 18.6. The molecule has 1 aliphatic heterocycles. The lowest BCUT2D eigenvalue weighted by Gasteiger charge is -2.31. The average Bonchev–Trinajstić information content (AvgIpc) is 3.24. The number of aromatic nitrogens is 1. The van der Waals surface area contributed by atoms with Gasteiger partial charge in [0.15, 0.2) is 0 Å². The van der Waals surface area contributed by atoms with E-state index in [0.717, 1.165) is 68.9 Å². The van der Waals surface area contributed by atoms with Gasteiger partial charge >= 0.3 is 0 Å². The molecule has 2 heterocycles. The minimum Gasteiger partial charge on any atom is -0.378 e. The second kappa shape index (κ2) is 11.5. The highest BCUT2D eigenvalue weighted by Gasteiger charge is 2.31. The topological polar surface area (TPSA) is 96.7 Å². The fourth-order valence-corrected chi connectivity index (χ4v) is 5.06. The molecule has 0 bridgehead atoms. The van der Waals surface area contributed by atoms with Crippen LogP contribution in [0.5, 0.6) is 0 Å². The summed E-state index contributed by atoms with van der Waals surface area (Å²) >= 11 is 0. The summed E-state index contributed by atoms with van der Waals surface area (Å²) in [6.07, 6.45) is 8.92. The van der Waals surface area contributed by atoms with E-state index in [0.29, 0.717) is 11.3 Å². The van der Waals surface area contributed by atoms with E-state index >= 15 is 0 Å². The lowest BCUT2D eigenvalue weighted by Crippen LogP contribution is -2.48. The van der Waals surface area contributed by atoms with Crippen LogP contribution in [0.4, 0.5) is 11.4 Å². The van der Waals surface area contributed by atoms with Crippen LogP contribution < -0.4 is 15.5 Å². The Hall–Kier alpha value is -2.87. The number of amides is 2. The lowest BCUT2D eigenvalue weighted by atomic mass is 9.85. The van der Waals surface area contributed by atoms with Crippen molar-refractivity contribution in [1.82, 2.24) is 10.5 Å². The largest absolute Gasteiger partial charge is 0.378 e. The van der Waals surface area contributed by atoms with Gasteiger partial charge in [0.25, 0.3) is 5.91 Å². The van der Waals surface area contributed by atoms with Gasteiger partial charge in [-0.3, -0.25) is 9.59 Å². The first-order valence-electron chi connectivity index (χ1n) is 12.5. The number of aryl methyl sites for hydroxylation is 2. The molecule has 1 aromatic carbocycles. The summed E-state index contributed by atoms with van der Waals surface area (Å²) in [6, 6.07) is 5.39. The maximum absolute atomic E-state index is 13.5. The van der Waals surface area contributed by atoms with Gasteiger partial charge in [-0.1, -0.05) is 37.3 Å². The Morgan fingerprint density at radius 2 is 1.76 bits per heavy atom. The Morgan fingerprint density at radius 3 is 2.41 bits per heavy atom. The standard InChI is InChI=1S/C26H36N4O4/c1-18-16-21(10-11-23(18)30-12-14-33-15-13-30)27-26(32)24(20-8-6-4-3-5-7-9-20)28-25(31)22-17-34-29-19(22)2/h10-11,16-17,20,24H,3-9,12-15H2,1-2H3,(H,27,32)(H,28,31). The Morgan fingerprint density at radius 1 is 1.06 bits per heavy atom. The van der Waals surface area contributed by atoms with Gasteiger partial charge in [0.1, 0.15) is 17.9 Å². The molecule has 2 fully saturated rings. The molecule has 2 N–H and O–H groups in total. The molecule has 1 aliphatic carbocycles. The molecule has 2 amide bonds. The van der Waals surface area contributed by atoms with Gasteiger partial charge in [0.2, 0.25) is 5.91 Å². The maximum atomic E-state index is 13.5. The van der Waals surface area contributed by atoms with Crippen LogP contribution in [0.15, 0.2) is 29.0 Å². The molecule has 2 aromatic rings. The maximum Gasteiger partial charge on any atom is 0.257 e. The molecule has 0 spiro atoms. The van der Waals surface area contributed by atoms with Crippen LogP contribution in [-0.2, 0) is 9.53 Å². The smallest absolute Gasteiger partial charge is 0.257 e. The molecule has 34 heavy (non-hydrogen) atoms. The predicted molar refractivity (Wildman–Crippen MR) is 131 cm³/mol. The summed E-state index contributed by atoms with van der Waals surface area (Å²) < 4.78 is 10.4. The predicted octanol–water partition coefficient (Wildman–Crippen LogP) is 4.23. The van der Waals surface area contributed by atoms with E-state index in [-0.39, 0.29) is 17.7 Å². The first-order valence-corrected chi connectivity index (χ1v) is 12.5. The molecular weight excluding hydrogens is 432 g/mol. The van der Waals surface area contributed by atoms with Gasteiger partial charge in [0.05, 0.1) is 18.9 Å². The Balaban J connectivity index is 1.50. The molecule has 1 unspecified atom stereocenters. The molecule has 1 saturated carbocycles. The first-order chi connectivity index (χ1) is 16.5. The SMILES string of the molecule is Cc1cc(NC(=O)C(NC(=O)c2conc2C)C2CCCCCCC2)ccc1N1CCOCC1. The van der Waals surface area contributed by atoms with Gasteiger partial charge < -0.3 is 24.8 Å². The molecule has 1 atom stereocenters. The van der Waals surface area contributed by atoms with Crippen molar-refractivity contribution >= 4 is 23.2 Å². The monoisotopic (exact) mass is 468 g/mol. The number of anilines is 2. The number of carbonyl (C=O) groups is 2. The van der Waals surface area contributed by atoms with Gasteiger partial charge in [-0.15, -0.1) is 0 Å². The molecule has 0 radical (unpaired) electrons. The summed E-state index contributed by atoms with van der Waals surface area (Å²) in [5, 5.41) is 9.88. The molecule has 8 nitrogen and oxygen atoms in total. The lowest BCUT2D eigenvalue weighted by molar-refractivity contribution is -0.119. The molecule has 1 aromatic heterocycles. The minimum atomic E-state index is -0.612. The summed E-state index contributed by atoms with van der Waals surface area (Å²) in [5.41, 5.74) is 3.89. The number of hydrogen-bond acceptors (Lipinski definition) is 6. The Bertz CT molecular complexity index is 975. The third kappa shape index (κ3) is 5.97. The highest BCUT2D eigenvalue weighted by Crippen LogP contribution is 2.28. The van der Waals surface area contributed by atoms with E-state index in [4.69, 9.17) is 9.26 Å². The van der Waals surface area contributed by atoms with Gasteiger partial charge in [-0.05, 0) is 56.4 Å². The van der Waals surface area contributed by atoms with Gasteiger partial charge in [-0.2, -0.15) is 0 Å². The second-order valence-corrected chi connectivity index (χ2v) is 9.46. The summed E-state index contributed by atoms with van der Waals surface area (Å²) in [4.78, 5) is 28.8. The first kappa shape index (κ1) is 24.3. The van der Waals surface area contributed by atoms with E-state index in [9.17, 15) is 9.59 Å². The fraction of sp³-hybridized carbons (Fsp3) is 0.577. The number of hydrogen-bond donors (Lipinski definition) is 2.